The molecule has 202 valence electrons. The number of phenols is 1. The van der Waals surface area contributed by atoms with Gasteiger partial charge in [0.25, 0.3) is 11.8 Å². The van der Waals surface area contributed by atoms with Crippen LogP contribution < -0.4 is 16.8 Å². The van der Waals surface area contributed by atoms with E-state index in [0.29, 0.717) is 31.4 Å². The molecule has 1 aliphatic heterocycles. The summed E-state index contributed by atoms with van der Waals surface area (Å²) in [5, 5.41) is 14.4. The first-order chi connectivity index (χ1) is 18.1. The highest BCUT2D eigenvalue weighted by Gasteiger charge is 2.52. The molecule has 2 fully saturated rings. The monoisotopic (exact) mass is 518 g/mol. The number of aromatic hydroxyl groups is 1. The second kappa shape index (κ2) is 11.0. The topological polar surface area (TPSA) is 139 Å². The van der Waals surface area contributed by atoms with Crippen molar-refractivity contribution in [1.29, 1.82) is 0 Å². The van der Waals surface area contributed by atoms with E-state index in [-0.39, 0.29) is 40.5 Å². The van der Waals surface area contributed by atoms with Crippen molar-refractivity contribution in [1.82, 2.24) is 10.2 Å². The minimum atomic E-state index is -0.594. The molecule has 1 aliphatic carbocycles. The lowest BCUT2D eigenvalue weighted by atomic mass is 9.55. The Morgan fingerprint density at radius 2 is 1.92 bits per heavy atom. The van der Waals surface area contributed by atoms with Crippen molar-refractivity contribution >= 4 is 23.2 Å². The summed E-state index contributed by atoms with van der Waals surface area (Å²) in [6.45, 7) is 5.36. The maximum atomic E-state index is 13.2. The van der Waals surface area contributed by atoms with Crippen molar-refractivity contribution < 1.29 is 19.5 Å². The van der Waals surface area contributed by atoms with Crippen LogP contribution in [0.15, 0.2) is 42.6 Å². The molecule has 0 spiro atoms. The molecule has 3 unspecified atom stereocenters. The molecule has 3 atom stereocenters. The van der Waals surface area contributed by atoms with Gasteiger partial charge in [0.1, 0.15) is 11.5 Å². The van der Waals surface area contributed by atoms with Crippen molar-refractivity contribution in [2.24, 2.45) is 17.4 Å². The minimum absolute atomic E-state index is 0.00383. The normalized spacial score (nSPS) is 24.1. The number of nitrogens with zero attached hydrogens (tertiary/aromatic N) is 1. The van der Waals surface area contributed by atoms with E-state index in [1.54, 1.807) is 18.2 Å². The van der Waals surface area contributed by atoms with E-state index in [0.717, 1.165) is 36.1 Å². The zero-order valence-corrected chi connectivity index (χ0v) is 22.4. The van der Waals surface area contributed by atoms with Crippen molar-refractivity contribution in [3.05, 3.63) is 70.4 Å². The van der Waals surface area contributed by atoms with E-state index >= 15 is 0 Å². The number of ketones is 1. The lowest BCUT2D eigenvalue weighted by Gasteiger charge is -2.54. The minimum Gasteiger partial charge on any atom is -0.507 e. The summed E-state index contributed by atoms with van der Waals surface area (Å²) in [5.74, 6) is -0.492. The Bertz CT molecular complexity index is 1270. The number of likely N-dealkylation sites (tertiary alicyclic amines) is 1. The second-order valence-electron chi connectivity index (χ2n) is 10.8. The van der Waals surface area contributed by atoms with Gasteiger partial charge in [-0.05, 0) is 75.4 Å². The van der Waals surface area contributed by atoms with Crippen molar-refractivity contribution in [2.45, 2.75) is 57.4 Å². The number of Topliss-reactive ketones (excluding diaryl/α,β-unsaturated/α-hetero) is 1. The number of rotatable bonds is 7. The summed E-state index contributed by atoms with van der Waals surface area (Å²) in [6.07, 6.45) is 4.29. The van der Waals surface area contributed by atoms with Crippen LogP contribution >= 0.6 is 0 Å². The van der Waals surface area contributed by atoms with Crippen molar-refractivity contribution in [3.8, 4) is 5.75 Å². The Balaban J connectivity index is 1.52. The van der Waals surface area contributed by atoms with Crippen LogP contribution in [0, 0.1) is 12.8 Å². The SMILES string of the molecule is Cc1ccc(C(=O)NCCc2ccc(/C(=C/N)C(N)=O)cc2)c(O)c1C12CCN(C)C(C)C1CCC(=O)C2. The Hall–Kier alpha value is -3.65. The van der Waals surface area contributed by atoms with Crippen LogP contribution in [-0.4, -0.2) is 53.8 Å². The van der Waals surface area contributed by atoms with Gasteiger partial charge in [-0.3, -0.25) is 14.4 Å². The van der Waals surface area contributed by atoms with Crippen LogP contribution in [0.25, 0.3) is 5.57 Å². The van der Waals surface area contributed by atoms with Gasteiger partial charge in [-0.1, -0.05) is 30.3 Å². The molecule has 2 amide bonds. The molecule has 38 heavy (non-hydrogen) atoms. The number of amides is 2. The molecule has 4 rings (SSSR count). The first kappa shape index (κ1) is 27.4. The van der Waals surface area contributed by atoms with E-state index in [2.05, 4.69) is 24.2 Å². The first-order valence-electron chi connectivity index (χ1n) is 13.2. The number of aryl methyl sites for hydroxylation is 1. The van der Waals surface area contributed by atoms with E-state index in [4.69, 9.17) is 11.5 Å². The number of hydrogen-bond acceptors (Lipinski definition) is 6. The lowest BCUT2D eigenvalue weighted by Crippen LogP contribution is -2.56. The Morgan fingerprint density at radius 3 is 2.58 bits per heavy atom. The van der Waals surface area contributed by atoms with Gasteiger partial charge in [-0.25, -0.2) is 0 Å². The number of carbonyl (C=O) groups excluding carboxylic acids is 3. The number of primary amides is 1. The van der Waals surface area contributed by atoms with E-state index < -0.39 is 11.3 Å². The molecule has 0 bridgehead atoms. The fraction of sp³-hybridized carbons (Fsp3) is 0.433. The van der Waals surface area contributed by atoms with Crippen molar-refractivity contribution in [3.63, 3.8) is 0 Å². The number of benzene rings is 2. The number of phenolic OH excluding ortho intramolecular Hbond substituents is 1. The summed E-state index contributed by atoms with van der Waals surface area (Å²) < 4.78 is 0. The summed E-state index contributed by atoms with van der Waals surface area (Å²) >= 11 is 0. The third kappa shape index (κ3) is 5.05. The van der Waals surface area contributed by atoms with E-state index in [1.165, 1.54) is 6.20 Å². The highest BCUT2D eigenvalue weighted by Crippen LogP contribution is 2.53. The zero-order valence-electron chi connectivity index (χ0n) is 22.4. The third-order valence-corrected chi connectivity index (χ3v) is 8.67. The van der Waals surface area contributed by atoms with Crippen LogP contribution in [-0.2, 0) is 21.4 Å². The van der Waals surface area contributed by atoms with Crippen LogP contribution in [0.1, 0.15) is 65.2 Å². The predicted octanol–water partition coefficient (Wildman–Crippen LogP) is 2.79. The molecule has 2 aromatic carbocycles. The average Bonchev–Trinajstić information content (AvgIpc) is 2.87. The van der Waals surface area contributed by atoms with Gasteiger partial charge in [0.2, 0.25) is 0 Å². The fourth-order valence-corrected chi connectivity index (χ4v) is 6.52. The number of hydrogen-bond donors (Lipinski definition) is 4. The lowest BCUT2D eigenvalue weighted by molar-refractivity contribution is -0.126. The molecule has 0 aromatic heterocycles. The van der Waals surface area contributed by atoms with Crippen LogP contribution in [0.2, 0.25) is 0 Å². The number of piperidine rings is 1. The molecule has 1 heterocycles. The zero-order chi connectivity index (χ0) is 27.6. The Kier molecular flexibility index (Phi) is 7.92. The van der Waals surface area contributed by atoms with Gasteiger partial charge < -0.3 is 26.8 Å². The summed E-state index contributed by atoms with van der Waals surface area (Å²) in [6, 6.07) is 11.1. The molecule has 2 aliphatic rings. The second-order valence-corrected chi connectivity index (χ2v) is 10.8. The average molecular weight is 519 g/mol. The van der Waals surface area contributed by atoms with Gasteiger partial charge in [0, 0.05) is 42.6 Å². The quantitative estimate of drug-likeness (QED) is 0.416. The maximum Gasteiger partial charge on any atom is 0.255 e. The number of nitrogens with two attached hydrogens (primary N) is 2. The van der Waals surface area contributed by atoms with Crippen LogP contribution in [0.4, 0.5) is 0 Å². The summed E-state index contributed by atoms with van der Waals surface area (Å²) in [5.41, 5.74) is 14.1. The van der Waals surface area contributed by atoms with Gasteiger partial charge >= 0.3 is 0 Å². The predicted molar refractivity (Wildman–Crippen MR) is 147 cm³/mol. The standard InChI is InChI=1S/C30H38N4O4/c1-18-4-10-23(29(38)33-14-12-20-5-7-21(8-6-20)24(17-31)28(32)37)27(36)26(18)30-13-15-34(3)19(2)25(30)11-9-22(35)16-30/h4-8,10,17,19,25,36H,9,11-16,31H2,1-3H3,(H2,32,37)(H,33,38)/b24-17-. The molecule has 1 saturated heterocycles. The van der Waals surface area contributed by atoms with Gasteiger partial charge in [-0.15, -0.1) is 0 Å². The van der Waals surface area contributed by atoms with Gasteiger partial charge in [0.05, 0.1) is 11.1 Å². The Labute approximate surface area is 224 Å². The number of nitrogens with one attached hydrogen (secondary N) is 1. The van der Waals surface area contributed by atoms with Crippen LogP contribution in [0.3, 0.4) is 0 Å². The molecular formula is C30H38N4O4. The molecule has 6 N–H and O–H groups in total. The number of carbonyl (C=O) groups is 3. The third-order valence-electron chi connectivity index (χ3n) is 8.67. The fourth-order valence-electron chi connectivity index (χ4n) is 6.52. The highest BCUT2D eigenvalue weighted by molar-refractivity contribution is 6.18. The molecular weight excluding hydrogens is 480 g/mol. The maximum absolute atomic E-state index is 13.2. The van der Waals surface area contributed by atoms with Gasteiger partial charge in [0.15, 0.2) is 0 Å². The highest BCUT2D eigenvalue weighted by atomic mass is 16.3. The largest absolute Gasteiger partial charge is 0.507 e. The molecule has 8 heteroatoms. The molecule has 8 nitrogen and oxygen atoms in total. The summed E-state index contributed by atoms with van der Waals surface area (Å²) in [7, 11) is 2.11. The first-order valence-corrected chi connectivity index (χ1v) is 13.2. The van der Waals surface area contributed by atoms with E-state index in [9.17, 15) is 19.5 Å². The van der Waals surface area contributed by atoms with Gasteiger partial charge in [-0.2, -0.15) is 0 Å². The van der Waals surface area contributed by atoms with E-state index in [1.807, 2.05) is 25.1 Å². The number of fused-ring (bicyclic) bond motifs is 1. The Morgan fingerprint density at radius 1 is 1.21 bits per heavy atom. The molecule has 0 radical (unpaired) electrons. The van der Waals surface area contributed by atoms with Crippen LogP contribution in [0.5, 0.6) is 5.75 Å². The van der Waals surface area contributed by atoms with Crippen molar-refractivity contribution in [2.75, 3.05) is 20.1 Å². The molecule has 1 saturated carbocycles. The molecule has 2 aromatic rings. The summed E-state index contributed by atoms with van der Waals surface area (Å²) in [4.78, 5) is 39.7. The smallest absolute Gasteiger partial charge is 0.255 e.